The van der Waals surface area contributed by atoms with Crippen LogP contribution in [0.15, 0.2) is 53.9 Å². The van der Waals surface area contributed by atoms with Gasteiger partial charge in [-0.05, 0) is 42.2 Å². The molecule has 2 aliphatic rings. The summed E-state index contributed by atoms with van der Waals surface area (Å²) in [5.41, 5.74) is 1.37. The Balaban J connectivity index is 1.24. The van der Waals surface area contributed by atoms with Gasteiger partial charge in [0.2, 0.25) is 0 Å². The summed E-state index contributed by atoms with van der Waals surface area (Å²) in [6.07, 6.45) is -2.95. The number of carbonyl (C=O) groups is 2. The second-order valence-electron chi connectivity index (χ2n) is 9.16. The molecule has 0 spiro atoms. The molecule has 3 aromatic rings. The average molecular weight is 530 g/mol. The molecule has 2 aliphatic heterocycles. The number of rotatable bonds is 4. The molecular weight excluding hydrogens is 503 g/mol. The fraction of sp³-hybridized carbons (Fsp3) is 0.370. The van der Waals surface area contributed by atoms with E-state index < -0.39 is 11.7 Å². The molecule has 37 heavy (non-hydrogen) atoms. The van der Waals surface area contributed by atoms with Gasteiger partial charge in [0.15, 0.2) is 0 Å². The predicted octanol–water partition coefficient (Wildman–Crippen LogP) is 5.32. The third-order valence-corrected chi connectivity index (χ3v) is 7.86. The van der Waals surface area contributed by atoms with Crippen LogP contribution in [0.4, 0.5) is 13.2 Å². The number of hydrogen-bond acceptors (Lipinski definition) is 5. The van der Waals surface area contributed by atoms with Crippen LogP contribution in [0.25, 0.3) is 11.1 Å². The smallest absolute Gasteiger partial charge is 0.378 e. The first kappa shape index (κ1) is 25.4. The molecule has 6 nitrogen and oxygen atoms in total. The molecule has 1 aromatic heterocycles. The monoisotopic (exact) mass is 529 g/mol. The fourth-order valence-corrected chi connectivity index (χ4v) is 5.73. The van der Waals surface area contributed by atoms with E-state index in [0.717, 1.165) is 30.0 Å². The Bertz CT molecular complexity index is 1260. The van der Waals surface area contributed by atoms with Gasteiger partial charge in [-0.3, -0.25) is 9.59 Å². The first-order valence-electron chi connectivity index (χ1n) is 12.2. The molecule has 194 valence electrons. The summed E-state index contributed by atoms with van der Waals surface area (Å²) in [4.78, 5) is 34.3. The maximum absolute atomic E-state index is 13.4. The highest BCUT2D eigenvalue weighted by molar-refractivity contribution is 7.09. The molecule has 0 saturated carbocycles. The highest BCUT2D eigenvalue weighted by Gasteiger charge is 2.31. The standard InChI is InChI=1S/C27H26F3N3O3S/c28-27(29,30)20-7-5-18(6-8-20)21-3-1-2-4-22(21)25(34)32-11-9-19(10-12-32)24-31-23(17-37-24)26(35)33-13-15-36-16-14-33/h1-8,17,19H,9-16H2. The van der Waals surface area contributed by atoms with Gasteiger partial charge in [0.05, 0.1) is 23.8 Å². The number of likely N-dealkylation sites (tertiary alicyclic amines) is 1. The number of hydrogen-bond donors (Lipinski definition) is 0. The number of nitrogens with zero attached hydrogens (tertiary/aromatic N) is 3. The molecule has 2 amide bonds. The number of benzene rings is 2. The van der Waals surface area contributed by atoms with Crippen LogP contribution in [-0.4, -0.2) is 66.0 Å². The maximum Gasteiger partial charge on any atom is 0.416 e. The van der Waals surface area contributed by atoms with Crippen LogP contribution in [0.5, 0.6) is 0 Å². The van der Waals surface area contributed by atoms with E-state index in [1.54, 1.807) is 34.1 Å². The molecule has 0 radical (unpaired) electrons. The van der Waals surface area contributed by atoms with Crippen molar-refractivity contribution < 1.29 is 27.5 Å². The van der Waals surface area contributed by atoms with Crippen molar-refractivity contribution in [1.29, 1.82) is 0 Å². The number of morpholine rings is 1. The Morgan fingerprint density at radius 3 is 2.22 bits per heavy atom. The van der Waals surface area contributed by atoms with Crippen LogP contribution in [0.1, 0.15) is 50.2 Å². The van der Waals surface area contributed by atoms with Crippen molar-refractivity contribution in [3.8, 4) is 11.1 Å². The van der Waals surface area contributed by atoms with Crippen molar-refractivity contribution in [1.82, 2.24) is 14.8 Å². The van der Waals surface area contributed by atoms with Gasteiger partial charge in [-0.2, -0.15) is 13.2 Å². The minimum atomic E-state index is -4.41. The lowest BCUT2D eigenvalue weighted by Crippen LogP contribution is -2.40. The Morgan fingerprint density at radius 2 is 1.54 bits per heavy atom. The van der Waals surface area contributed by atoms with Crippen molar-refractivity contribution in [3.63, 3.8) is 0 Å². The van der Waals surface area contributed by atoms with Crippen LogP contribution in [0, 0.1) is 0 Å². The molecule has 10 heteroatoms. The second kappa shape index (κ2) is 10.6. The summed E-state index contributed by atoms with van der Waals surface area (Å²) >= 11 is 1.48. The molecular formula is C27H26F3N3O3S. The number of carbonyl (C=O) groups excluding carboxylic acids is 2. The SMILES string of the molecule is O=C(c1csc(C2CCN(C(=O)c3ccccc3-c3ccc(C(F)(F)F)cc3)CC2)n1)N1CCOCC1. The lowest BCUT2D eigenvalue weighted by Gasteiger charge is -2.31. The molecule has 2 fully saturated rings. The van der Waals surface area contributed by atoms with Crippen LogP contribution >= 0.6 is 11.3 Å². The lowest BCUT2D eigenvalue weighted by molar-refractivity contribution is -0.137. The van der Waals surface area contributed by atoms with Crippen LogP contribution in [0.2, 0.25) is 0 Å². The third kappa shape index (κ3) is 5.55. The van der Waals surface area contributed by atoms with Crippen molar-refractivity contribution >= 4 is 23.2 Å². The highest BCUT2D eigenvalue weighted by atomic mass is 32.1. The van der Waals surface area contributed by atoms with Gasteiger partial charge in [-0.15, -0.1) is 11.3 Å². The van der Waals surface area contributed by atoms with Gasteiger partial charge in [0.25, 0.3) is 11.8 Å². The third-order valence-electron chi connectivity index (χ3n) is 6.85. The normalized spacial score (nSPS) is 17.2. The topological polar surface area (TPSA) is 62.7 Å². The van der Waals surface area contributed by atoms with Crippen molar-refractivity contribution in [3.05, 3.63) is 75.7 Å². The first-order chi connectivity index (χ1) is 17.8. The van der Waals surface area contributed by atoms with E-state index in [1.165, 1.54) is 23.5 Å². The second-order valence-corrected chi connectivity index (χ2v) is 10.1. The minimum absolute atomic E-state index is 0.0710. The first-order valence-corrected chi connectivity index (χ1v) is 13.1. The Kier molecular flexibility index (Phi) is 7.30. The Morgan fingerprint density at radius 1 is 0.892 bits per heavy atom. The zero-order valence-electron chi connectivity index (χ0n) is 20.0. The van der Waals surface area contributed by atoms with Crippen LogP contribution in [0.3, 0.4) is 0 Å². The summed E-state index contributed by atoms with van der Waals surface area (Å²) in [6.45, 7) is 3.29. The molecule has 0 bridgehead atoms. The zero-order chi connectivity index (χ0) is 26.0. The van der Waals surface area contributed by atoms with E-state index >= 15 is 0 Å². The summed E-state index contributed by atoms with van der Waals surface area (Å²) in [6, 6.07) is 11.9. The number of thiazole rings is 1. The molecule has 2 saturated heterocycles. The fourth-order valence-electron chi connectivity index (χ4n) is 4.76. The number of alkyl halides is 3. The number of piperidine rings is 1. The summed E-state index contributed by atoms with van der Waals surface area (Å²) in [5, 5.41) is 2.72. The molecule has 0 atom stereocenters. The summed E-state index contributed by atoms with van der Waals surface area (Å²) in [7, 11) is 0. The van der Waals surface area contributed by atoms with E-state index in [9.17, 15) is 22.8 Å². The van der Waals surface area contributed by atoms with Gasteiger partial charge in [0, 0.05) is 43.0 Å². The maximum atomic E-state index is 13.4. The summed E-state index contributed by atoms with van der Waals surface area (Å²) < 4.78 is 44.2. The van der Waals surface area contributed by atoms with Gasteiger partial charge in [-0.25, -0.2) is 4.98 Å². The van der Waals surface area contributed by atoms with Crippen molar-refractivity contribution in [2.24, 2.45) is 0 Å². The average Bonchev–Trinajstić information content (AvgIpc) is 3.43. The number of halogens is 3. The molecule has 0 unspecified atom stereocenters. The van der Waals surface area contributed by atoms with Gasteiger partial charge in [-0.1, -0.05) is 30.3 Å². The number of aromatic nitrogens is 1. The van der Waals surface area contributed by atoms with E-state index in [0.29, 0.717) is 61.8 Å². The largest absolute Gasteiger partial charge is 0.416 e. The van der Waals surface area contributed by atoms with E-state index in [2.05, 4.69) is 4.98 Å². The van der Waals surface area contributed by atoms with Crippen LogP contribution < -0.4 is 0 Å². The summed E-state index contributed by atoms with van der Waals surface area (Å²) in [5.74, 6) is -0.0417. The van der Waals surface area contributed by atoms with Crippen LogP contribution in [-0.2, 0) is 10.9 Å². The molecule has 5 rings (SSSR count). The molecule has 0 aliphatic carbocycles. The number of ether oxygens (including phenoxy) is 1. The zero-order valence-corrected chi connectivity index (χ0v) is 20.9. The lowest BCUT2D eigenvalue weighted by atomic mass is 9.94. The Labute approximate surface area is 216 Å². The minimum Gasteiger partial charge on any atom is -0.378 e. The number of amides is 2. The van der Waals surface area contributed by atoms with Gasteiger partial charge >= 0.3 is 6.18 Å². The molecule has 0 N–H and O–H groups in total. The van der Waals surface area contributed by atoms with E-state index in [4.69, 9.17) is 4.74 Å². The molecule has 3 heterocycles. The van der Waals surface area contributed by atoms with Crippen molar-refractivity contribution in [2.45, 2.75) is 24.9 Å². The molecule has 2 aromatic carbocycles. The quantitative estimate of drug-likeness (QED) is 0.459. The Hall–Kier alpha value is -3.24. The van der Waals surface area contributed by atoms with E-state index in [1.807, 2.05) is 5.38 Å². The predicted molar refractivity (Wildman–Crippen MR) is 134 cm³/mol. The van der Waals surface area contributed by atoms with Gasteiger partial charge < -0.3 is 14.5 Å². The highest BCUT2D eigenvalue weighted by Crippen LogP contribution is 2.34. The van der Waals surface area contributed by atoms with Crippen molar-refractivity contribution in [2.75, 3.05) is 39.4 Å². The van der Waals surface area contributed by atoms with E-state index in [-0.39, 0.29) is 17.7 Å². The van der Waals surface area contributed by atoms with Gasteiger partial charge in [0.1, 0.15) is 5.69 Å².